The number of carbonyl (C=O) groups excluding carboxylic acids is 1. The summed E-state index contributed by atoms with van der Waals surface area (Å²) in [7, 11) is 1.70. The first kappa shape index (κ1) is 16.5. The minimum absolute atomic E-state index is 0.0892. The van der Waals surface area contributed by atoms with Crippen LogP contribution in [-0.4, -0.2) is 27.4 Å². The Bertz CT molecular complexity index is 640. The number of hydrogen-bond donors (Lipinski definition) is 2. The SMILES string of the molecule is Cc1nn(C)c(Cl)c1C(=O)NC(CCCO)c1ccccc1. The third-order valence-corrected chi connectivity index (χ3v) is 3.97. The Hall–Kier alpha value is -1.85. The molecule has 2 N–H and O–H groups in total. The molecule has 0 fully saturated rings. The highest BCUT2D eigenvalue weighted by molar-refractivity contribution is 6.33. The van der Waals surface area contributed by atoms with E-state index >= 15 is 0 Å². The number of aliphatic hydroxyl groups excluding tert-OH is 1. The van der Waals surface area contributed by atoms with Gasteiger partial charge in [-0.15, -0.1) is 0 Å². The Morgan fingerprint density at radius 2 is 2.09 bits per heavy atom. The van der Waals surface area contributed by atoms with Gasteiger partial charge in [0.1, 0.15) is 5.15 Å². The summed E-state index contributed by atoms with van der Waals surface area (Å²) in [4.78, 5) is 12.5. The molecule has 0 aliphatic carbocycles. The molecule has 1 unspecified atom stereocenters. The maximum absolute atomic E-state index is 12.5. The van der Waals surface area contributed by atoms with Crippen LogP contribution >= 0.6 is 11.6 Å². The van der Waals surface area contributed by atoms with E-state index in [1.54, 1.807) is 14.0 Å². The van der Waals surface area contributed by atoms with Crippen molar-refractivity contribution < 1.29 is 9.90 Å². The van der Waals surface area contributed by atoms with E-state index in [0.717, 1.165) is 5.56 Å². The van der Waals surface area contributed by atoms with Crippen LogP contribution in [0.5, 0.6) is 0 Å². The summed E-state index contributed by atoms with van der Waals surface area (Å²) >= 11 is 6.14. The van der Waals surface area contributed by atoms with Crippen molar-refractivity contribution in [1.82, 2.24) is 15.1 Å². The van der Waals surface area contributed by atoms with Gasteiger partial charge in [0, 0.05) is 13.7 Å². The highest BCUT2D eigenvalue weighted by atomic mass is 35.5. The van der Waals surface area contributed by atoms with Gasteiger partial charge in [-0.05, 0) is 25.3 Å². The molecular weight excluding hydrogens is 302 g/mol. The highest BCUT2D eigenvalue weighted by Gasteiger charge is 2.22. The smallest absolute Gasteiger partial charge is 0.256 e. The Morgan fingerprint density at radius 3 is 2.64 bits per heavy atom. The maximum Gasteiger partial charge on any atom is 0.256 e. The second-order valence-corrected chi connectivity index (χ2v) is 5.54. The molecule has 1 aromatic carbocycles. The number of carbonyl (C=O) groups is 1. The van der Waals surface area contributed by atoms with Crippen molar-refractivity contribution >= 4 is 17.5 Å². The lowest BCUT2D eigenvalue weighted by molar-refractivity contribution is 0.0932. The Kier molecular flexibility index (Phi) is 5.57. The number of hydrogen-bond acceptors (Lipinski definition) is 3. The first-order chi connectivity index (χ1) is 10.5. The second kappa shape index (κ2) is 7.42. The molecule has 1 heterocycles. The lowest BCUT2D eigenvalue weighted by Crippen LogP contribution is -2.29. The minimum atomic E-state index is -0.248. The summed E-state index contributed by atoms with van der Waals surface area (Å²) in [5.41, 5.74) is 2.00. The first-order valence-corrected chi connectivity index (χ1v) is 7.58. The number of benzene rings is 1. The average Bonchev–Trinajstić information content (AvgIpc) is 2.77. The number of nitrogens with one attached hydrogen (secondary N) is 1. The van der Waals surface area contributed by atoms with Crippen molar-refractivity contribution in [1.29, 1.82) is 0 Å². The van der Waals surface area contributed by atoms with Gasteiger partial charge in [-0.2, -0.15) is 5.10 Å². The van der Waals surface area contributed by atoms with E-state index in [-0.39, 0.29) is 18.6 Å². The van der Waals surface area contributed by atoms with Crippen LogP contribution < -0.4 is 5.32 Å². The van der Waals surface area contributed by atoms with E-state index in [1.165, 1.54) is 4.68 Å². The zero-order valence-electron chi connectivity index (χ0n) is 12.7. The monoisotopic (exact) mass is 321 g/mol. The largest absolute Gasteiger partial charge is 0.396 e. The van der Waals surface area contributed by atoms with Gasteiger partial charge in [0.15, 0.2) is 0 Å². The van der Waals surface area contributed by atoms with Gasteiger partial charge in [0.05, 0.1) is 17.3 Å². The summed E-state index contributed by atoms with van der Waals surface area (Å²) < 4.78 is 1.48. The molecule has 118 valence electrons. The molecule has 0 saturated heterocycles. The van der Waals surface area contributed by atoms with Crippen LogP contribution in [0, 0.1) is 6.92 Å². The van der Waals surface area contributed by atoms with E-state index in [0.29, 0.717) is 29.3 Å². The molecule has 2 aromatic rings. The molecule has 5 nitrogen and oxygen atoms in total. The standard InChI is InChI=1S/C16H20ClN3O2/c1-11-14(15(17)20(2)19-11)16(22)18-13(9-6-10-21)12-7-4-3-5-8-12/h3-5,7-8,13,21H,6,9-10H2,1-2H3,(H,18,22). The fourth-order valence-corrected chi connectivity index (χ4v) is 2.68. The molecule has 0 bridgehead atoms. The molecule has 0 aliphatic heterocycles. The van der Waals surface area contributed by atoms with Crippen LogP contribution in [-0.2, 0) is 7.05 Å². The average molecular weight is 322 g/mol. The molecule has 2 rings (SSSR count). The summed E-state index contributed by atoms with van der Waals surface area (Å²) in [6.07, 6.45) is 1.27. The molecule has 0 aliphatic rings. The van der Waals surface area contributed by atoms with Crippen molar-refractivity contribution in [2.75, 3.05) is 6.61 Å². The van der Waals surface area contributed by atoms with Crippen molar-refractivity contribution in [2.45, 2.75) is 25.8 Å². The molecule has 6 heteroatoms. The lowest BCUT2D eigenvalue weighted by Gasteiger charge is -2.19. The summed E-state index contributed by atoms with van der Waals surface area (Å²) in [5, 5.41) is 16.5. The van der Waals surface area contributed by atoms with E-state index in [4.69, 9.17) is 16.7 Å². The van der Waals surface area contributed by atoms with Crippen LogP contribution in [0.15, 0.2) is 30.3 Å². The summed E-state index contributed by atoms with van der Waals surface area (Å²) in [6.45, 7) is 1.85. The third kappa shape index (κ3) is 3.67. The fraction of sp³-hybridized carbons (Fsp3) is 0.375. The van der Waals surface area contributed by atoms with Crippen LogP contribution in [0.3, 0.4) is 0 Å². The summed E-state index contributed by atoms with van der Waals surface area (Å²) in [6, 6.07) is 9.53. The zero-order valence-corrected chi connectivity index (χ0v) is 13.5. The van der Waals surface area contributed by atoms with Crippen molar-refractivity contribution in [3.05, 3.63) is 52.3 Å². The molecule has 1 aromatic heterocycles. The number of aromatic nitrogens is 2. The number of aryl methyl sites for hydroxylation is 2. The first-order valence-electron chi connectivity index (χ1n) is 7.20. The minimum Gasteiger partial charge on any atom is -0.396 e. The zero-order chi connectivity index (χ0) is 16.1. The topological polar surface area (TPSA) is 67.2 Å². The van der Waals surface area contributed by atoms with Crippen molar-refractivity contribution in [3.63, 3.8) is 0 Å². The molecular formula is C16H20ClN3O2. The number of amides is 1. The Labute approximate surface area is 134 Å². The number of halogens is 1. The van der Waals surface area contributed by atoms with Gasteiger partial charge < -0.3 is 10.4 Å². The van der Waals surface area contributed by atoms with Gasteiger partial charge in [-0.3, -0.25) is 9.48 Å². The van der Waals surface area contributed by atoms with Crippen LogP contribution in [0.4, 0.5) is 0 Å². The van der Waals surface area contributed by atoms with Gasteiger partial charge in [0.25, 0.3) is 5.91 Å². The van der Waals surface area contributed by atoms with Crippen molar-refractivity contribution in [2.24, 2.45) is 7.05 Å². The fourth-order valence-electron chi connectivity index (χ4n) is 2.42. The maximum atomic E-state index is 12.5. The van der Waals surface area contributed by atoms with E-state index < -0.39 is 0 Å². The number of rotatable bonds is 6. The molecule has 0 radical (unpaired) electrons. The predicted octanol–water partition coefficient (Wildman–Crippen LogP) is 2.63. The molecule has 1 amide bonds. The van der Waals surface area contributed by atoms with E-state index in [9.17, 15) is 4.79 Å². The van der Waals surface area contributed by atoms with E-state index in [1.807, 2.05) is 30.3 Å². The van der Waals surface area contributed by atoms with Gasteiger partial charge in [0.2, 0.25) is 0 Å². The van der Waals surface area contributed by atoms with Gasteiger partial charge >= 0.3 is 0 Å². The van der Waals surface area contributed by atoms with Gasteiger partial charge in [-0.1, -0.05) is 41.9 Å². The second-order valence-electron chi connectivity index (χ2n) is 5.18. The lowest BCUT2D eigenvalue weighted by atomic mass is 10.0. The molecule has 1 atom stereocenters. The molecule has 0 spiro atoms. The summed E-state index contributed by atoms with van der Waals surface area (Å²) in [5.74, 6) is -0.248. The van der Waals surface area contributed by atoms with Crippen LogP contribution in [0.2, 0.25) is 5.15 Å². The highest BCUT2D eigenvalue weighted by Crippen LogP contribution is 2.22. The van der Waals surface area contributed by atoms with Crippen LogP contribution in [0.1, 0.15) is 40.5 Å². The quantitative estimate of drug-likeness (QED) is 0.859. The Balaban J connectivity index is 2.21. The predicted molar refractivity (Wildman–Crippen MR) is 85.9 cm³/mol. The Morgan fingerprint density at radius 1 is 1.41 bits per heavy atom. The normalized spacial score (nSPS) is 12.2. The number of aliphatic hydroxyl groups is 1. The molecule has 0 saturated carbocycles. The van der Waals surface area contributed by atoms with E-state index in [2.05, 4.69) is 10.4 Å². The van der Waals surface area contributed by atoms with Gasteiger partial charge in [-0.25, -0.2) is 0 Å². The molecule has 22 heavy (non-hydrogen) atoms. The number of nitrogens with zero attached hydrogens (tertiary/aromatic N) is 2. The van der Waals surface area contributed by atoms with Crippen molar-refractivity contribution in [3.8, 4) is 0 Å². The third-order valence-electron chi connectivity index (χ3n) is 3.54. The van der Waals surface area contributed by atoms with Crippen LogP contribution in [0.25, 0.3) is 0 Å².